The van der Waals surface area contributed by atoms with Crippen molar-refractivity contribution in [2.24, 2.45) is 0 Å². The van der Waals surface area contributed by atoms with E-state index >= 15 is 0 Å². The van der Waals surface area contributed by atoms with Crippen LogP contribution in [0.15, 0.2) is 18.2 Å². The first-order valence-electron chi connectivity index (χ1n) is 7.93. The molecule has 0 N–H and O–H groups in total. The molecule has 0 spiro atoms. The van der Waals surface area contributed by atoms with Crippen molar-refractivity contribution in [1.29, 1.82) is 0 Å². The number of halogens is 1. The molecule has 1 aromatic carbocycles. The van der Waals surface area contributed by atoms with Crippen molar-refractivity contribution < 1.29 is 27.9 Å². The Bertz CT molecular complexity index is 568. The number of carbonyl (C=O) groups excluding carboxylic acids is 1. The molecule has 0 aliphatic rings. The second-order valence-corrected chi connectivity index (χ2v) is 7.28. The van der Waals surface area contributed by atoms with Crippen molar-refractivity contribution in [3.05, 3.63) is 28.8 Å². The maximum Gasteiger partial charge on any atom is 0.367 e. The van der Waals surface area contributed by atoms with Crippen molar-refractivity contribution in [2.75, 3.05) is 26.2 Å². The number of carbonyl (C=O) groups is 1. The third-order valence-electron chi connectivity index (χ3n) is 2.92. The standard InChI is InChI=1S/C16H24ClO6P/c1-4-7-10-20-16(18)14-11-13(17)8-9-15(14)21-12-24(19,22-5-2)23-6-3/h8-9,11H,4-7,10,12H2,1-3H3. The minimum atomic E-state index is -3.38. The zero-order valence-electron chi connectivity index (χ0n) is 14.2. The van der Waals surface area contributed by atoms with Gasteiger partial charge in [0.2, 0.25) is 0 Å². The molecule has 8 heteroatoms. The van der Waals surface area contributed by atoms with Crippen LogP contribution in [0.4, 0.5) is 0 Å². The van der Waals surface area contributed by atoms with Crippen molar-refractivity contribution in [3.63, 3.8) is 0 Å². The Morgan fingerprint density at radius 2 is 1.83 bits per heavy atom. The van der Waals surface area contributed by atoms with Gasteiger partial charge >= 0.3 is 13.6 Å². The summed E-state index contributed by atoms with van der Waals surface area (Å²) in [4.78, 5) is 12.2. The second kappa shape index (κ2) is 10.7. The molecule has 0 saturated carbocycles. The third-order valence-corrected chi connectivity index (χ3v) is 4.91. The van der Waals surface area contributed by atoms with Crippen LogP contribution in [-0.4, -0.2) is 32.1 Å². The van der Waals surface area contributed by atoms with E-state index in [-0.39, 0.29) is 30.9 Å². The quantitative estimate of drug-likeness (QED) is 0.310. The van der Waals surface area contributed by atoms with Crippen molar-refractivity contribution in [2.45, 2.75) is 33.6 Å². The Kier molecular flexibility index (Phi) is 9.37. The third kappa shape index (κ3) is 6.81. The average Bonchev–Trinajstić information content (AvgIpc) is 2.54. The first kappa shape index (κ1) is 21.0. The summed E-state index contributed by atoms with van der Waals surface area (Å²) < 4.78 is 33.5. The van der Waals surface area contributed by atoms with E-state index in [2.05, 4.69) is 0 Å². The predicted octanol–water partition coefficient (Wildman–Crippen LogP) is 4.90. The van der Waals surface area contributed by atoms with Crippen molar-refractivity contribution in [3.8, 4) is 5.75 Å². The highest BCUT2D eigenvalue weighted by Crippen LogP contribution is 2.48. The molecule has 0 heterocycles. The van der Waals surface area contributed by atoms with E-state index in [0.717, 1.165) is 12.8 Å². The van der Waals surface area contributed by atoms with Crippen LogP contribution in [0.25, 0.3) is 0 Å². The molecule has 0 atom stereocenters. The minimum Gasteiger partial charge on any atom is -0.480 e. The fourth-order valence-electron chi connectivity index (χ4n) is 1.83. The largest absolute Gasteiger partial charge is 0.480 e. The van der Waals surface area contributed by atoms with Crippen molar-refractivity contribution >= 4 is 25.2 Å². The average molecular weight is 379 g/mol. The summed E-state index contributed by atoms with van der Waals surface area (Å²) in [5.74, 6) is -0.316. The van der Waals surface area contributed by atoms with Gasteiger partial charge in [-0.25, -0.2) is 4.79 Å². The van der Waals surface area contributed by atoms with Crippen LogP contribution < -0.4 is 4.74 Å². The van der Waals surface area contributed by atoms with Crippen LogP contribution in [0.3, 0.4) is 0 Å². The van der Waals surface area contributed by atoms with Crippen LogP contribution >= 0.6 is 19.2 Å². The lowest BCUT2D eigenvalue weighted by Crippen LogP contribution is -2.11. The zero-order valence-corrected chi connectivity index (χ0v) is 15.9. The molecule has 0 unspecified atom stereocenters. The molecule has 1 rings (SSSR count). The van der Waals surface area contributed by atoms with E-state index in [4.69, 9.17) is 30.1 Å². The van der Waals surface area contributed by atoms with Crippen LogP contribution in [0.2, 0.25) is 5.02 Å². The van der Waals surface area contributed by atoms with Gasteiger partial charge in [-0.3, -0.25) is 4.57 Å². The zero-order chi connectivity index (χ0) is 18.0. The Balaban J connectivity index is 2.87. The highest BCUT2D eigenvalue weighted by Gasteiger charge is 2.26. The van der Waals surface area contributed by atoms with E-state index in [1.807, 2.05) is 6.92 Å². The fourth-order valence-corrected chi connectivity index (χ4v) is 3.31. The van der Waals surface area contributed by atoms with Gasteiger partial charge < -0.3 is 18.5 Å². The lowest BCUT2D eigenvalue weighted by Gasteiger charge is -2.18. The molecule has 1 aromatic rings. The summed E-state index contributed by atoms with van der Waals surface area (Å²) in [6.07, 6.45) is 1.38. The summed E-state index contributed by atoms with van der Waals surface area (Å²) in [7, 11) is -3.38. The summed E-state index contributed by atoms with van der Waals surface area (Å²) >= 11 is 5.94. The highest BCUT2D eigenvalue weighted by molar-refractivity contribution is 7.53. The Morgan fingerprint density at radius 1 is 1.17 bits per heavy atom. The molecule has 0 aliphatic carbocycles. The van der Waals surface area contributed by atoms with Gasteiger partial charge in [0, 0.05) is 5.02 Å². The van der Waals surface area contributed by atoms with Gasteiger partial charge in [0.1, 0.15) is 11.3 Å². The van der Waals surface area contributed by atoms with E-state index < -0.39 is 13.6 Å². The first-order valence-corrected chi connectivity index (χ1v) is 10.0. The van der Waals surface area contributed by atoms with E-state index in [0.29, 0.717) is 11.6 Å². The predicted molar refractivity (Wildman–Crippen MR) is 93.0 cm³/mol. The molecule has 136 valence electrons. The van der Waals surface area contributed by atoms with Crippen LogP contribution in [0.5, 0.6) is 5.75 Å². The van der Waals surface area contributed by atoms with Crippen LogP contribution in [0, 0.1) is 0 Å². The van der Waals surface area contributed by atoms with Gasteiger partial charge in [0.25, 0.3) is 0 Å². The number of esters is 1. The number of rotatable bonds is 11. The summed E-state index contributed by atoms with van der Waals surface area (Å²) in [5.41, 5.74) is 0.179. The number of hydrogen-bond donors (Lipinski definition) is 0. The van der Waals surface area contributed by atoms with Gasteiger partial charge in [0.15, 0.2) is 6.35 Å². The molecule has 6 nitrogen and oxygen atoms in total. The molecular weight excluding hydrogens is 355 g/mol. The first-order chi connectivity index (χ1) is 11.5. The molecule has 0 aromatic heterocycles. The number of unbranched alkanes of at least 4 members (excludes halogenated alkanes) is 1. The SMILES string of the molecule is CCCCOC(=O)c1cc(Cl)ccc1OCP(=O)(OCC)OCC. The Hall–Kier alpha value is -1.07. The van der Waals surface area contributed by atoms with Gasteiger partial charge in [0.05, 0.1) is 19.8 Å². The monoisotopic (exact) mass is 378 g/mol. The molecule has 24 heavy (non-hydrogen) atoms. The lowest BCUT2D eigenvalue weighted by molar-refractivity contribution is 0.0495. The normalized spacial score (nSPS) is 11.3. The summed E-state index contributed by atoms with van der Waals surface area (Å²) in [6, 6.07) is 4.56. The van der Waals surface area contributed by atoms with Gasteiger partial charge in [-0.1, -0.05) is 24.9 Å². The number of hydrogen-bond acceptors (Lipinski definition) is 6. The maximum atomic E-state index is 12.4. The van der Waals surface area contributed by atoms with Gasteiger partial charge in [-0.05, 0) is 38.5 Å². The maximum absolute atomic E-state index is 12.4. The van der Waals surface area contributed by atoms with Crippen LogP contribution in [0.1, 0.15) is 44.0 Å². The highest BCUT2D eigenvalue weighted by atomic mass is 35.5. The molecule has 0 aliphatic heterocycles. The fraction of sp³-hybridized carbons (Fsp3) is 0.562. The number of benzene rings is 1. The molecule has 0 saturated heterocycles. The Labute approximate surface area is 147 Å². The van der Waals surface area contributed by atoms with Crippen molar-refractivity contribution in [1.82, 2.24) is 0 Å². The second-order valence-electron chi connectivity index (χ2n) is 4.85. The Morgan fingerprint density at radius 3 is 2.42 bits per heavy atom. The molecule has 0 bridgehead atoms. The topological polar surface area (TPSA) is 71.1 Å². The van der Waals surface area contributed by atoms with Gasteiger partial charge in [-0.2, -0.15) is 0 Å². The lowest BCUT2D eigenvalue weighted by atomic mass is 10.2. The van der Waals surface area contributed by atoms with E-state index in [9.17, 15) is 9.36 Å². The van der Waals surface area contributed by atoms with Crippen LogP contribution in [-0.2, 0) is 18.3 Å². The summed E-state index contributed by atoms with van der Waals surface area (Å²) in [5, 5.41) is 0.377. The molecule has 0 fully saturated rings. The number of ether oxygens (including phenoxy) is 2. The minimum absolute atomic E-state index is 0.179. The molecule has 0 radical (unpaired) electrons. The molecule has 0 amide bonds. The smallest absolute Gasteiger partial charge is 0.367 e. The van der Waals surface area contributed by atoms with E-state index in [1.165, 1.54) is 12.1 Å². The van der Waals surface area contributed by atoms with E-state index in [1.54, 1.807) is 19.9 Å². The summed E-state index contributed by atoms with van der Waals surface area (Å²) in [6.45, 7) is 6.20. The molecular formula is C16H24ClO6P. The van der Waals surface area contributed by atoms with Gasteiger partial charge in [-0.15, -0.1) is 0 Å².